The second-order valence-corrected chi connectivity index (χ2v) is 8.67. The Hall–Kier alpha value is -4.90. The zero-order valence-corrected chi connectivity index (χ0v) is 19.1. The van der Waals surface area contributed by atoms with Crippen LogP contribution in [0.2, 0.25) is 0 Å². The third-order valence-electron chi connectivity index (χ3n) is 4.06. The number of amides is 6. The van der Waals surface area contributed by atoms with E-state index in [-0.39, 0.29) is 0 Å². The normalized spacial score (nSPS) is 10.2. The molecule has 0 unspecified atom stereocenters. The Kier molecular flexibility index (Phi) is 8.74. The van der Waals surface area contributed by atoms with Crippen LogP contribution in [0.15, 0.2) is 91.0 Å². The van der Waals surface area contributed by atoms with Crippen LogP contribution in [-0.2, 0) is 4.57 Å². The van der Waals surface area contributed by atoms with Gasteiger partial charge in [-0.05, 0) is 36.4 Å². The topological polar surface area (TPSA) is 177 Å². The second kappa shape index (κ2) is 12.4. The van der Waals surface area contributed by atoms with E-state index in [1.165, 1.54) is 0 Å². The molecule has 6 amide bonds. The van der Waals surface area contributed by atoms with Gasteiger partial charge >= 0.3 is 25.7 Å². The predicted octanol–water partition coefficient (Wildman–Crippen LogP) is 3.07. The molecule has 0 fully saturated rings. The molecule has 0 bridgehead atoms. The lowest BCUT2D eigenvalue weighted by molar-refractivity contribution is 0.244. The van der Waals surface area contributed by atoms with Gasteiger partial charge in [-0.25, -0.2) is 18.9 Å². The van der Waals surface area contributed by atoms with Crippen LogP contribution in [-0.4, -0.2) is 18.1 Å². The van der Waals surface area contributed by atoms with E-state index in [0.29, 0.717) is 17.1 Å². The summed E-state index contributed by atoms with van der Waals surface area (Å²) in [4.78, 5) is 37.0. The summed E-state index contributed by atoms with van der Waals surface area (Å²) < 4.78 is 13.3. The SMILES string of the molecule is O=C(NNc1ccccc1)NP(=O)(NC(=O)NNc1ccccc1)NC(=O)NNc1ccccc1. The van der Waals surface area contributed by atoms with Crippen LogP contribution in [0.5, 0.6) is 0 Å². The van der Waals surface area contributed by atoms with Gasteiger partial charge in [0.05, 0.1) is 17.1 Å². The monoisotopic (exact) mass is 497 g/mol. The van der Waals surface area contributed by atoms with Gasteiger partial charge < -0.3 is 0 Å². The molecule has 0 aliphatic carbocycles. The number of hydrogen-bond acceptors (Lipinski definition) is 7. The maximum absolute atomic E-state index is 13.3. The van der Waals surface area contributed by atoms with Crippen molar-refractivity contribution in [3.8, 4) is 0 Å². The number of benzene rings is 3. The average molecular weight is 497 g/mol. The maximum atomic E-state index is 13.3. The first-order chi connectivity index (χ1) is 16.9. The van der Waals surface area contributed by atoms with E-state index in [2.05, 4.69) is 47.8 Å². The number of hydrogen-bond donors (Lipinski definition) is 9. The fraction of sp³-hybridized carbons (Fsp3) is 0. The Labute approximate surface area is 200 Å². The Morgan fingerprint density at radius 2 is 0.714 bits per heavy atom. The zero-order chi connectivity index (χ0) is 24.9. The molecule has 0 heterocycles. The highest BCUT2D eigenvalue weighted by atomic mass is 31.2. The minimum atomic E-state index is -4.36. The third kappa shape index (κ3) is 8.86. The number of rotatable bonds is 9. The number of hydrazine groups is 3. The molecule has 9 N–H and O–H groups in total. The van der Waals surface area contributed by atoms with Gasteiger partial charge in [-0.15, -0.1) is 0 Å². The zero-order valence-electron chi connectivity index (χ0n) is 18.2. The van der Waals surface area contributed by atoms with Crippen LogP contribution in [0.1, 0.15) is 0 Å². The van der Waals surface area contributed by atoms with Gasteiger partial charge in [-0.2, -0.15) is 0 Å². The van der Waals surface area contributed by atoms with Gasteiger partial charge in [0.15, 0.2) is 0 Å². The fourth-order valence-electron chi connectivity index (χ4n) is 2.55. The predicted molar refractivity (Wildman–Crippen MR) is 133 cm³/mol. The summed E-state index contributed by atoms with van der Waals surface area (Å²) in [7, 11) is -4.36. The number of nitrogens with one attached hydrogen (secondary N) is 9. The lowest BCUT2D eigenvalue weighted by Crippen LogP contribution is -2.50. The van der Waals surface area contributed by atoms with Crippen molar-refractivity contribution in [3.05, 3.63) is 91.0 Å². The molecule has 3 aromatic rings. The quantitative estimate of drug-likeness (QED) is 0.161. The molecule has 0 saturated carbocycles. The summed E-state index contributed by atoms with van der Waals surface area (Å²) in [6.45, 7) is 0. The highest BCUT2D eigenvalue weighted by Crippen LogP contribution is 2.29. The van der Waals surface area contributed by atoms with Crippen molar-refractivity contribution < 1.29 is 18.9 Å². The Morgan fingerprint density at radius 3 is 0.971 bits per heavy atom. The number of carbonyl (C=O) groups excluding carboxylic acids is 3. The highest BCUT2D eigenvalue weighted by Gasteiger charge is 2.30. The average Bonchev–Trinajstić information content (AvgIpc) is 2.86. The van der Waals surface area contributed by atoms with Gasteiger partial charge in [-0.3, -0.25) is 47.8 Å². The summed E-state index contributed by atoms with van der Waals surface area (Å²) in [5, 5.41) is 6.20. The van der Waals surface area contributed by atoms with Crippen LogP contribution < -0.4 is 47.8 Å². The van der Waals surface area contributed by atoms with Crippen molar-refractivity contribution in [2.45, 2.75) is 0 Å². The van der Waals surface area contributed by atoms with E-state index in [0.717, 1.165) is 0 Å². The fourth-order valence-corrected chi connectivity index (χ4v) is 3.74. The molecule has 0 saturated heterocycles. The highest BCUT2D eigenvalue weighted by molar-refractivity contribution is 7.59. The van der Waals surface area contributed by atoms with E-state index in [1.54, 1.807) is 91.0 Å². The first-order valence-corrected chi connectivity index (χ1v) is 11.9. The molecule has 182 valence electrons. The molecule has 0 aliphatic rings. The van der Waals surface area contributed by atoms with E-state index >= 15 is 0 Å². The summed E-state index contributed by atoms with van der Waals surface area (Å²) >= 11 is 0. The van der Waals surface area contributed by atoms with Crippen LogP contribution >= 0.6 is 7.59 Å². The van der Waals surface area contributed by atoms with E-state index < -0.39 is 25.7 Å². The second-order valence-electron chi connectivity index (χ2n) is 6.78. The van der Waals surface area contributed by atoms with Gasteiger partial charge in [-0.1, -0.05) is 54.6 Å². The van der Waals surface area contributed by atoms with Crippen molar-refractivity contribution >= 4 is 42.7 Å². The molecule has 0 spiro atoms. The summed E-state index contributed by atoms with van der Waals surface area (Å²) in [6, 6.07) is 23.0. The van der Waals surface area contributed by atoms with Crippen LogP contribution in [0.4, 0.5) is 31.4 Å². The number of para-hydroxylation sites is 3. The van der Waals surface area contributed by atoms with E-state index in [9.17, 15) is 18.9 Å². The first kappa shape index (κ1) is 24.7. The molecule has 0 aromatic heterocycles. The van der Waals surface area contributed by atoms with Crippen LogP contribution in [0.3, 0.4) is 0 Å². The van der Waals surface area contributed by atoms with Crippen molar-refractivity contribution in [3.63, 3.8) is 0 Å². The lowest BCUT2D eigenvalue weighted by Gasteiger charge is -2.22. The largest absolute Gasteiger partial charge is 0.363 e. The molecule has 0 atom stereocenters. The molecule has 13 nitrogen and oxygen atoms in total. The Morgan fingerprint density at radius 1 is 0.457 bits per heavy atom. The number of carbonyl (C=O) groups is 3. The van der Waals surface area contributed by atoms with Gasteiger partial charge in [0.1, 0.15) is 0 Å². The van der Waals surface area contributed by atoms with Crippen molar-refractivity contribution in [2.75, 3.05) is 16.3 Å². The van der Waals surface area contributed by atoms with Gasteiger partial charge in [0, 0.05) is 0 Å². The molecular weight excluding hydrogens is 473 g/mol. The lowest BCUT2D eigenvalue weighted by atomic mass is 10.3. The number of anilines is 3. The molecule has 14 heteroatoms. The van der Waals surface area contributed by atoms with Crippen molar-refractivity contribution in [1.82, 2.24) is 31.5 Å². The molecule has 3 rings (SSSR count). The summed E-state index contributed by atoms with van der Waals surface area (Å²) in [6.07, 6.45) is 0. The minimum absolute atomic E-state index is 0.549. The molecule has 0 aliphatic heterocycles. The molecule has 3 aromatic carbocycles. The Bertz CT molecular complexity index is 1020. The standard InChI is InChI=1S/C21H24N9O4P/c31-19(25-22-16-10-4-1-5-11-16)28-35(34,29-20(32)26-23-17-12-6-2-7-13-17)30-21(33)27-24-18-14-8-3-9-15-18/h1-15,22-24H,(H6,25,26,27,28,29,30,31,32,33,34). The van der Waals surface area contributed by atoms with Crippen molar-refractivity contribution in [1.29, 1.82) is 0 Å². The maximum Gasteiger partial charge on any atom is 0.363 e. The number of urea groups is 3. The summed E-state index contributed by atoms with van der Waals surface area (Å²) in [5.74, 6) is 0. The minimum Gasteiger partial charge on any atom is -0.297 e. The van der Waals surface area contributed by atoms with E-state index in [4.69, 9.17) is 0 Å². The van der Waals surface area contributed by atoms with Crippen LogP contribution in [0, 0.1) is 0 Å². The summed E-state index contributed by atoms with van der Waals surface area (Å²) in [5.41, 5.74) is 16.3. The van der Waals surface area contributed by atoms with E-state index in [1.807, 2.05) is 0 Å². The smallest absolute Gasteiger partial charge is 0.297 e. The van der Waals surface area contributed by atoms with Gasteiger partial charge in [0.2, 0.25) is 0 Å². The van der Waals surface area contributed by atoms with Crippen molar-refractivity contribution in [2.24, 2.45) is 0 Å². The molecule has 0 radical (unpaired) electrons. The van der Waals surface area contributed by atoms with Crippen LogP contribution in [0.25, 0.3) is 0 Å². The molecule has 35 heavy (non-hydrogen) atoms. The van der Waals surface area contributed by atoms with Gasteiger partial charge in [0.25, 0.3) is 0 Å². The first-order valence-electron chi connectivity index (χ1n) is 10.2. The third-order valence-corrected chi connectivity index (χ3v) is 5.61. The Balaban J connectivity index is 1.60. The molecular formula is C21H24N9O4P.